The van der Waals surface area contributed by atoms with Crippen LogP contribution in [0.25, 0.3) is 5.82 Å². The van der Waals surface area contributed by atoms with Gasteiger partial charge >= 0.3 is 5.97 Å². The van der Waals surface area contributed by atoms with Crippen LogP contribution in [0.1, 0.15) is 10.6 Å². The van der Waals surface area contributed by atoms with Crippen molar-refractivity contribution in [2.75, 3.05) is 0 Å². The van der Waals surface area contributed by atoms with Gasteiger partial charge in [0.25, 0.3) is 0 Å². The number of carbonyl (C=O) groups is 1. The Morgan fingerprint density at radius 1 is 1.40 bits per heavy atom. The summed E-state index contributed by atoms with van der Waals surface area (Å²) in [6, 6.07) is 3.08. The van der Waals surface area contributed by atoms with E-state index in [1.165, 1.54) is 23.0 Å². The number of carboxylic acids is 1. The van der Waals surface area contributed by atoms with Gasteiger partial charge in [0.2, 0.25) is 5.82 Å². The fourth-order valence-electron chi connectivity index (χ4n) is 1.08. The lowest BCUT2D eigenvalue weighted by molar-refractivity contribution is 0.0681. The minimum Gasteiger partial charge on any atom is -0.475 e. The number of rotatable bonds is 2. The van der Waals surface area contributed by atoms with Gasteiger partial charge in [-0.1, -0.05) is 11.6 Å². The Morgan fingerprint density at radius 2 is 2.20 bits per heavy atom. The number of imidazole rings is 1. The van der Waals surface area contributed by atoms with Crippen LogP contribution in [0.5, 0.6) is 0 Å². The highest BCUT2D eigenvalue weighted by molar-refractivity contribution is 6.29. The van der Waals surface area contributed by atoms with E-state index >= 15 is 0 Å². The van der Waals surface area contributed by atoms with Gasteiger partial charge in [-0.05, 0) is 12.1 Å². The highest BCUT2D eigenvalue weighted by atomic mass is 35.5. The minimum absolute atomic E-state index is 0.119. The van der Waals surface area contributed by atoms with Gasteiger partial charge in [0.1, 0.15) is 0 Å². The molecule has 2 rings (SSSR count). The van der Waals surface area contributed by atoms with E-state index in [1.54, 1.807) is 6.07 Å². The third kappa shape index (κ3) is 1.79. The van der Waals surface area contributed by atoms with Gasteiger partial charge in [-0.3, -0.25) is 4.57 Å². The van der Waals surface area contributed by atoms with E-state index < -0.39 is 5.97 Å². The van der Waals surface area contributed by atoms with Crippen LogP contribution in [-0.2, 0) is 0 Å². The predicted molar refractivity (Wildman–Crippen MR) is 51.1 cm³/mol. The molecule has 0 fully saturated rings. The minimum atomic E-state index is -1.13. The highest BCUT2D eigenvalue weighted by Gasteiger charge is 2.12. The summed E-state index contributed by atoms with van der Waals surface area (Å²) in [7, 11) is 0. The molecule has 0 amide bonds. The Kier molecular flexibility index (Phi) is 2.34. The molecule has 76 valence electrons. The number of aromatic carboxylic acids is 1. The topological polar surface area (TPSA) is 80.9 Å². The van der Waals surface area contributed by atoms with Gasteiger partial charge in [-0.25, -0.2) is 9.78 Å². The molecule has 2 aromatic heterocycles. The molecule has 0 aromatic carbocycles. The van der Waals surface area contributed by atoms with Gasteiger partial charge < -0.3 is 5.11 Å². The summed E-state index contributed by atoms with van der Waals surface area (Å²) in [5, 5.41) is 16.4. The lowest BCUT2D eigenvalue weighted by atomic mass is 10.5. The molecule has 0 aliphatic heterocycles. The van der Waals surface area contributed by atoms with Crippen molar-refractivity contribution in [2.45, 2.75) is 0 Å². The Hall–Kier alpha value is -1.95. The average molecular weight is 225 g/mol. The van der Waals surface area contributed by atoms with Crippen LogP contribution in [0.3, 0.4) is 0 Å². The zero-order chi connectivity index (χ0) is 10.8. The van der Waals surface area contributed by atoms with E-state index in [-0.39, 0.29) is 11.0 Å². The second-order valence-corrected chi connectivity index (χ2v) is 3.03. The molecule has 1 N–H and O–H groups in total. The molecule has 0 aliphatic carbocycles. The first kappa shape index (κ1) is 9.60. The van der Waals surface area contributed by atoms with Crippen molar-refractivity contribution in [1.82, 2.24) is 19.7 Å². The van der Waals surface area contributed by atoms with Gasteiger partial charge in [0.05, 0.1) is 0 Å². The molecule has 0 spiro atoms. The summed E-state index contributed by atoms with van der Waals surface area (Å²) in [6.07, 6.45) is 2.86. The second kappa shape index (κ2) is 3.66. The molecule has 2 heterocycles. The van der Waals surface area contributed by atoms with Crippen molar-refractivity contribution in [2.24, 2.45) is 0 Å². The van der Waals surface area contributed by atoms with E-state index in [9.17, 15) is 4.79 Å². The smallest absolute Gasteiger partial charge is 0.372 e. The Balaban J connectivity index is 2.49. The van der Waals surface area contributed by atoms with Gasteiger partial charge in [0.15, 0.2) is 11.0 Å². The standard InChI is InChI=1S/C8H5ClN4O2/c9-5-1-2-6(12-11-5)13-4-3-10-7(13)8(14)15/h1-4H,(H,14,15). The molecular formula is C8H5ClN4O2. The van der Waals surface area contributed by atoms with Crippen molar-refractivity contribution < 1.29 is 9.90 Å². The summed E-state index contributed by atoms with van der Waals surface area (Å²) >= 11 is 5.56. The van der Waals surface area contributed by atoms with Gasteiger partial charge in [-0.2, -0.15) is 0 Å². The molecule has 0 radical (unpaired) electrons. The number of hydrogen-bond acceptors (Lipinski definition) is 4. The van der Waals surface area contributed by atoms with E-state index in [4.69, 9.17) is 16.7 Å². The first-order valence-electron chi connectivity index (χ1n) is 3.95. The molecule has 0 bridgehead atoms. The van der Waals surface area contributed by atoms with Crippen LogP contribution in [-0.4, -0.2) is 30.8 Å². The van der Waals surface area contributed by atoms with Crippen molar-refractivity contribution in [3.8, 4) is 5.82 Å². The quantitative estimate of drug-likeness (QED) is 0.824. The first-order chi connectivity index (χ1) is 7.18. The highest BCUT2D eigenvalue weighted by Crippen LogP contribution is 2.09. The van der Waals surface area contributed by atoms with E-state index in [0.29, 0.717) is 5.82 Å². The Labute approximate surface area is 89.2 Å². The maximum atomic E-state index is 10.8. The number of aromatic nitrogens is 4. The first-order valence-corrected chi connectivity index (χ1v) is 4.32. The lowest BCUT2D eigenvalue weighted by Gasteiger charge is -2.01. The van der Waals surface area contributed by atoms with Crippen molar-refractivity contribution in [1.29, 1.82) is 0 Å². The third-order valence-electron chi connectivity index (χ3n) is 1.70. The average Bonchev–Trinajstić information content (AvgIpc) is 2.67. The molecule has 2 aromatic rings. The van der Waals surface area contributed by atoms with Crippen LogP contribution in [0.4, 0.5) is 0 Å². The summed E-state index contributed by atoms with van der Waals surface area (Å²) in [5.74, 6) is -0.891. The summed E-state index contributed by atoms with van der Waals surface area (Å²) in [4.78, 5) is 14.4. The maximum absolute atomic E-state index is 10.8. The lowest BCUT2D eigenvalue weighted by Crippen LogP contribution is -2.09. The predicted octanol–water partition coefficient (Wildman–Crippen LogP) is 1.01. The second-order valence-electron chi connectivity index (χ2n) is 2.64. The van der Waals surface area contributed by atoms with Crippen LogP contribution in [0.2, 0.25) is 5.15 Å². The van der Waals surface area contributed by atoms with E-state index in [2.05, 4.69) is 15.2 Å². The summed E-state index contributed by atoms with van der Waals surface area (Å²) < 4.78 is 1.31. The fraction of sp³-hybridized carbons (Fsp3) is 0. The van der Waals surface area contributed by atoms with Crippen molar-refractivity contribution in [3.63, 3.8) is 0 Å². The molecule has 0 aliphatic rings. The molecule has 0 saturated carbocycles. The van der Waals surface area contributed by atoms with E-state index in [1.807, 2.05) is 0 Å². The fourth-order valence-corrected chi connectivity index (χ4v) is 1.18. The molecule has 15 heavy (non-hydrogen) atoms. The van der Waals surface area contributed by atoms with Crippen LogP contribution in [0.15, 0.2) is 24.5 Å². The molecule has 0 atom stereocenters. The van der Waals surface area contributed by atoms with E-state index in [0.717, 1.165) is 0 Å². The molecule has 7 heteroatoms. The largest absolute Gasteiger partial charge is 0.475 e. The SMILES string of the molecule is O=C(O)c1nccn1-c1ccc(Cl)nn1. The molecular weight excluding hydrogens is 220 g/mol. The van der Waals surface area contributed by atoms with Crippen LogP contribution < -0.4 is 0 Å². The Bertz CT molecular complexity index is 494. The Morgan fingerprint density at radius 3 is 2.80 bits per heavy atom. The zero-order valence-corrected chi connectivity index (χ0v) is 8.09. The molecule has 6 nitrogen and oxygen atoms in total. The monoisotopic (exact) mass is 224 g/mol. The normalized spacial score (nSPS) is 10.2. The zero-order valence-electron chi connectivity index (χ0n) is 7.33. The number of carboxylic acid groups (broad SMARTS) is 1. The van der Waals surface area contributed by atoms with Gasteiger partial charge in [-0.15, -0.1) is 10.2 Å². The number of nitrogens with zero attached hydrogens (tertiary/aromatic N) is 4. The molecule has 0 saturated heterocycles. The molecule has 0 unspecified atom stereocenters. The van der Waals surface area contributed by atoms with Crippen molar-refractivity contribution in [3.05, 3.63) is 35.5 Å². The van der Waals surface area contributed by atoms with Crippen molar-refractivity contribution >= 4 is 17.6 Å². The number of hydrogen-bond donors (Lipinski definition) is 1. The third-order valence-corrected chi connectivity index (χ3v) is 1.90. The van der Waals surface area contributed by atoms with Crippen LogP contribution >= 0.6 is 11.6 Å². The van der Waals surface area contributed by atoms with Crippen LogP contribution in [0, 0.1) is 0 Å². The van der Waals surface area contributed by atoms with Gasteiger partial charge in [0, 0.05) is 12.4 Å². The maximum Gasteiger partial charge on any atom is 0.372 e. The number of halogens is 1. The summed E-state index contributed by atoms with van der Waals surface area (Å²) in [6.45, 7) is 0. The summed E-state index contributed by atoms with van der Waals surface area (Å²) in [5.41, 5.74) is 0.